The molecule has 0 radical (unpaired) electrons. The van der Waals surface area contributed by atoms with Gasteiger partial charge in [0.05, 0.1) is 13.0 Å². The zero-order valence-corrected chi connectivity index (χ0v) is 16.7. The first-order valence-corrected chi connectivity index (χ1v) is 9.05. The molecule has 1 N–H and O–H groups in total. The number of hydrogen-bond donors (Lipinski definition) is 1. The van der Waals surface area contributed by atoms with Crippen LogP contribution >= 0.6 is 0 Å². The Bertz CT molecular complexity index is 652. The fourth-order valence-corrected chi connectivity index (χ4v) is 3.18. The maximum absolute atomic E-state index is 11.9. The fourth-order valence-electron chi connectivity index (χ4n) is 3.18. The van der Waals surface area contributed by atoms with Gasteiger partial charge in [-0.25, -0.2) is 0 Å². The van der Waals surface area contributed by atoms with Crippen LogP contribution in [0.2, 0.25) is 0 Å². The number of aliphatic imine (C=N–C) groups is 1. The smallest absolute Gasteiger partial charge is 0.310 e. The van der Waals surface area contributed by atoms with Crippen LogP contribution in [0.5, 0.6) is 5.75 Å². The second-order valence-corrected chi connectivity index (χ2v) is 7.73. The first-order valence-electron chi connectivity index (χ1n) is 9.05. The number of likely N-dealkylation sites (tertiary alicyclic amines) is 1. The van der Waals surface area contributed by atoms with Crippen LogP contribution < -0.4 is 10.1 Å². The van der Waals surface area contributed by atoms with E-state index in [2.05, 4.69) is 22.1 Å². The summed E-state index contributed by atoms with van der Waals surface area (Å²) < 4.78 is 11.0. The van der Waals surface area contributed by atoms with E-state index in [9.17, 15) is 4.79 Å². The van der Waals surface area contributed by atoms with Gasteiger partial charge in [0.25, 0.3) is 0 Å². The Morgan fingerprint density at radius 1 is 1.31 bits per heavy atom. The highest BCUT2D eigenvalue weighted by atomic mass is 16.5. The van der Waals surface area contributed by atoms with Crippen molar-refractivity contribution >= 4 is 11.9 Å². The molecule has 6 nitrogen and oxygen atoms in total. The van der Waals surface area contributed by atoms with Gasteiger partial charge in [0.15, 0.2) is 5.96 Å². The number of hydrogen-bond acceptors (Lipinski definition) is 4. The highest BCUT2D eigenvalue weighted by Crippen LogP contribution is 2.25. The lowest BCUT2D eigenvalue weighted by molar-refractivity contribution is -0.145. The predicted octanol–water partition coefficient (Wildman–Crippen LogP) is 2.68. The van der Waals surface area contributed by atoms with Crippen molar-refractivity contribution in [3.63, 3.8) is 0 Å². The number of benzene rings is 1. The molecule has 1 saturated heterocycles. The van der Waals surface area contributed by atoms with Crippen LogP contribution in [0.25, 0.3) is 0 Å². The fraction of sp³-hybridized carbons (Fsp3) is 0.600. The van der Waals surface area contributed by atoms with Gasteiger partial charge in [-0.05, 0) is 32.8 Å². The maximum Gasteiger partial charge on any atom is 0.310 e. The Morgan fingerprint density at radius 2 is 2.00 bits per heavy atom. The highest BCUT2D eigenvalue weighted by Gasteiger charge is 2.36. The molecule has 1 aromatic carbocycles. The molecule has 0 amide bonds. The molecule has 0 saturated carbocycles. The first kappa shape index (κ1) is 20.1. The summed E-state index contributed by atoms with van der Waals surface area (Å²) in [5.74, 6) is 1.62. The summed E-state index contributed by atoms with van der Waals surface area (Å²) in [5, 5.41) is 3.40. The minimum Gasteiger partial charge on any atom is -0.488 e. The normalized spacial score (nSPS) is 20.8. The summed E-state index contributed by atoms with van der Waals surface area (Å²) in [6.07, 6.45) is 0. The van der Waals surface area contributed by atoms with E-state index >= 15 is 0 Å². The van der Waals surface area contributed by atoms with E-state index in [1.54, 1.807) is 7.05 Å². The third-order valence-electron chi connectivity index (χ3n) is 4.45. The van der Waals surface area contributed by atoms with Gasteiger partial charge in [0, 0.05) is 32.2 Å². The van der Waals surface area contributed by atoms with Crippen LogP contribution in [0.15, 0.2) is 29.3 Å². The molecule has 144 valence electrons. The Labute approximate surface area is 156 Å². The lowest BCUT2D eigenvalue weighted by Gasteiger charge is -2.25. The van der Waals surface area contributed by atoms with Crippen molar-refractivity contribution in [3.05, 3.63) is 29.8 Å². The molecule has 26 heavy (non-hydrogen) atoms. The molecule has 2 rings (SSSR count). The van der Waals surface area contributed by atoms with Crippen molar-refractivity contribution in [2.45, 2.75) is 39.8 Å². The molecule has 0 bridgehead atoms. The van der Waals surface area contributed by atoms with Crippen LogP contribution in [0, 0.1) is 11.8 Å². The Kier molecular flexibility index (Phi) is 6.51. The van der Waals surface area contributed by atoms with Crippen molar-refractivity contribution in [3.8, 4) is 5.75 Å². The third-order valence-corrected chi connectivity index (χ3v) is 4.45. The topological polar surface area (TPSA) is 63.2 Å². The number of carbonyl (C=O) groups excluding carboxylic acids is 1. The van der Waals surface area contributed by atoms with Crippen LogP contribution in [0.1, 0.15) is 33.3 Å². The van der Waals surface area contributed by atoms with Gasteiger partial charge in [-0.2, -0.15) is 0 Å². The molecule has 1 heterocycles. The summed E-state index contributed by atoms with van der Waals surface area (Å²) in [7, 11) is 3.20. The van der Waals surface area contributed by atoms with Crippen molar-refractivity contribution < 1.29 is 14.3 Å². The Morgan fingerprint density at radius 3 is 2.62 bits per heavy atom. The zero-order valence-electron chi connectivity index (χ0n) is 16.7. The third kappa shape index (κ3) is 5.13. The molecule has 2 unspecified atom stereocenters. The van der Waals surface area contributed by atoms with Crippen molar-refractivity contribution in [1.82, 2.24) is 10.2 Å². The van der Waals surface area contributed by atoms with E-state index in [-0.39, 0.29) is 23.4 Å². The van der Waals surface area contributed by atoms with Crippen molar-refractivity contribution in [1.29, 1.82) is 0 Å². The predicted molar refractivity (Wildman–Crippen MR) is 103 cm³/mol. The molecule has 1 aliphatic rings. The Balaban J connectivity index is 2.04. The molecular formula is C20H31N3O3. The number of rotatable bonds is 4. The number of methoxy groups -OCH3 is 1. The average Bonchev–Trinajstić information content (AvgIpc) is 2.96. The molecule has 1 aliphatic heterocycles. The quantitative estimate of drug-likeness (QED) is 0.507. The molecule has 6 heteroatoms. The van der Waals surface area contributed by atoms with Gasteiger partial charge in [-0.1, -0.05) is 25.1 Å². The number of esters is 1. The van der Waals surface area contributed by atoms with E-state index in [0.29, 0.717) is 13.1 Å². The number of ether oxygens (including phenoxy) is 2. The number of nitrogens with zero attached hydrogens (tertiary/aromatic N) is 2. The van der Waals surface area contributed by atoms with Gasteiger partial charge >= 0.3 is 5.97 Å². The first-order chi connectivity index (χ1) is 12.2. The number of para-hydroxylation sites is 1. The Hall–Kier alpha value is -2.24. The standard InChI is InChI=1S/C20H31N3O3/c1-14-12-23(13-16(14)18(24)25-6)19(21-5)22-11-15-9-7-8-10-17(15)26-20(2,3)4/h7-10,14,16H,11-13H2,1-6H3,(H,21,22). The molecular weight excluding hydrogens is 330 g/mol. The average molecular weight is 361 g/mol. The van der Waals surface area contributed by atoms with Gasteiger partial charge in [0.2, 0.25) is 0 Å². The lowest BCUT2D eigenvalue weighted by atomic mass is 9.99. The zero-order chi connectivity index (χ0) is 19.3. The largest absolute Gasteiger partial charge is 0.488 e. The number of carbonyl (C=O) groups is 1. The molecule has 2 atom stereocenters. The van der Waals surface area contributed by atoms with Crippen LogP contribution in [-0.4, -0.2) is 49.7 Å². The van der Waals surface area contributed by atoms with Gasteiger partial charge in [-0.15, -0.1) is 0 Å². The summed E-state index contributed by atoms with van der Waals surface area (Å²) in [4.78, 5) is 18.4. The SMILES string of the molecule is CN=C(NCc1ccccc1OC(C)(C)C)N1CC(C)C(C(=O)OC)C1. The van der Waals surface area contributed by atoms with Crippen LogP contribution in [0.4, 0.5) is 0 Å². The molecule has 0 spiro atoms. The second kappa shape index (κ2) is 8.43. The number of nitrogens with one attached hydrogen (secondary N) is 1. The highest BCUT2D eigenvalue weighted by molar-refractivity contribution is 5.82. The van der Waals surface area contributed by atoms with E-state index in [4.69, 9.17) is 9.47 Å². The van der Waals surface area contributed by atoms with Crippen LogP contribution in [-0.2, 0) is 16.1 Å². The molecule has 0 aromatic heterocycles. The minimum absolute atomic E-state index is 0.116. The number of guanidine groups is 1. The van der Waals surface area contributed by atoms with Gasteiger partial charge < -0.3 is 19.7 Å². The minimum atomic E-state index is -0.254. The van der Waals surface area contributed by atoms with Gasteiger partial charge in [-0.3, -0.25) is 9.79 Å². The molecule has 1 aromatic rings. The molecule has 1 fully saturated rings. The maximum atomic E-state index is 11.9. The summed E-state index contributed by atoms with van der Waals surface area (Å²) in [6.45, 7) is 10.2. The van der Waals surface area contributed by atoms with E-state index < -0.39 is 0 Å². The van der Waals surface area contributed by atoms with Crippen molar-refractivity contribution in [2.24, 2.45) is 16.8 Å². The summed E-state index contributed by atoms with van der Waals surface area (Å²) in [6, 6.07) is 8.00. The van der Waals surface area contributed by atoms with E-state index in [1.165, 1.54) is 7.11 Å². The lowest BCUT2D eigenvalue weighted by Crippen LogP contribution is -2.40. The van der Waals surface area contributed by atoms with Crippen molar-refractivity contribution in [2.75, 3.05) is 27.2 Å². The van der Waals surface area contributed by atoms with E-state index in [1.807, 2.05) is 45.0 Å². The van der Waals surface area contributed by atoms with E-state index in [0.717, 1.165) is 23.8 Å². The van der Waals surface area contributed by atoms with Gasteiger partial charge in [0.1, 0.15) is 11.4 Å². The summed E-state index contributed by atoms with van der Waals surface area (Å²) in [5.41, 5.74) is 0.816. The second-order valence-electron chi connectivity index (χ2n) is 7.73. The molecule has 0 aliphatic carbocycles. The summed E-state index contributed by atoms with van der Waals surface area (Å²) >= 11 is 0. The van der Waals surface area contributed by atoms with Crippen LogP contribution in [0.3, 0.4) is 0 Å². The monoisotopic (exact) mass is 361 g/mol.